The van der Waals surface area contributed by atoms with Crippen LogP contribution in [-0.4, -0.2) is 44.5 Å². The van der Waals surface area contributed by atoms with Crippen molar-refractivity contribution in [3.8, 4) is 11.4 Å². The monoisotopic (exact) mass is 426 g/mol. The lowest BCUT2D eigenvalue weighted by atomic mass is 10.1. The molecule has 0 aliphatic rings. The number of aromatic nitrogens is 4. The number of thioether (sulfide) groups is 1. The average Bonchev–Trinajstić information content (AvgIpc) is 3.17. The predicted octanol–water partition coefficient (Wildman–Crippen LogP) is 3.12. The molecule has 2 aromatic carbocycles. The third kappa shape index (κ3) is 4.95. The normalized spacial score (nSPS) is 11.6. The van der Waals surface area contributed by atoms with Gasteiger partial charge in [-0.25, -0.2) is 4.79 Å². The number of benzene rings is 2. The predicted molar refractivity (Wildman–Crippen MR) is 114 cm³/mol. The Hall–Kier alpha value is -3.40. The number of hydrogen-bond donors (Lipinski definition) is 2. The number of nitrogens with zero attached hydrogens (tertiary/aromatic N) is 4. The van der Waals surface area contributed by atoms with Gasteiger partial charge in [-0.05, 0) is 55.0 Å². The summed E-state index contributed by atoms with van der Waals surface area (Å²) in [6, 6.07) is 12.3. The fraction of sp³-hybridized carbons (Fsp3) is 0.250. The van der Waals surface area contributed by atoms with Gasteiger partial charge in [0.25, 0.3) is 0 Å². The highest BCUT2D eigenvalue weighted by atomic mass is 32.2. The van der Waals surface area contributed by atoms with Crippen molar-refractivity contribution in [1.82, 2.24) is 25.5 Å². The molecule has 3 aromatic rings. The van der Waals surface area contributed by atoms with Crippen LogP contribution in [0.4, 0.5) is 10.5 Å². The van der Waals surface area contributed by atoms with Crippen LogP contribution in [0, 0.1) is 13.8 Å². The number of aryl methyl sites for hydroxylation is 2. The van der Waals surface area contributed by atoms with Crippen molar-refractivity contribution in [3.63, 3.8) is 0 Å². The first-order valence-electron chi connectivity index (χ1n) is 9.16. The summed E-state index contributed by atoms with van der Waals surface area (Å²) < 4.78 is 6.83. The van der Waals surface area contributed by atoms with Crippen molar-refractivity contribution >= 4 is 29.4 Å². The quantitative estimate of drug-likeness (QED) is 0.583. The van der Waals surface area contributed by atoms with Gasteiger partial charge in [0.05, 0.1) is 12.4 Å². The largest absolute Gasteiger partial charge is 0.494 e. The van der Waals surface area contributed by atoms with E-state index in [-0.39, 0.29) is 0 Å². The van der Waals surface area contributed by atoms with Gasteiger partial charge in [-0.2, -0.15) is 4.68 Å². The molecule has 0 aliphatic carbocycles. The van der Waals surface area contributed by atoms with Crippen LogP contribution in [0.15, 0.2) is 47.6 Å². The van der Waals surface area contributed by atoms with E-state index in [1.807, 2.05) is 38.1 Å². The van der Waals surface area contributed by atoms with E-state index < -0.39 is 17.2 Å². The number of carbonyl (C=O) groups excluding carboxylic acids is 2. The molecule has 3 amide bonds. The lowest BCUT2D eigenvalue weighted by Crippen LogP contribution is -2.39. The maximum absolute atomic E-state index is 12.5. The minimum atomic E-state index is -0.616. The van der Waals surface area contributed by atoms with E-state index in [1.165, 1.54) is 4.68 Å². The van der Waals surface area contributed by atoms with Gasteiger partial charge in [0.15, 0.2) is 0 Å². The minimum Gasteiger partial charge on any atom is -0.494 e. The molecular formula is C20H22N6O3S. The topological polar surface area (TPSA) is 111 Å². The van der Waals surface area contributed by atoms with E-state index in [1.54, 1.807) is 32.2 Å². The number of amides is 3. The zero-order valence-corrected chi connectivity index (χ0v) is 17.9. The summed E-state index contributed by atoms with van der Waals surface area (Å²) in [6.07, 6.45) is 0. The van der Waals surface area contributed by atoms with E-state index in [0.717, 1.165) is 22.9 Å². The van der Waals surface area contributed by atoms with Gasteiger partial charge in [0.1, 0.15) is 11.4 Å². The molecule has 0 saturated heterocycles. The molecule has 156 valence electrons. The second kappa shape index (κ2) is 9.40. The number of tetrazole rings is 1. The van der Waals surface area contributed by atoms with Crippen LogP contribution in [0.3, 0.4) is 0 Å². The number of urea groups is 1. The van der Waals surface area contributed by atoms with Gasteiger partial charge in [-0.15, -0.1) is 5.10 Å². The van der Waals surface area contributed by atoms with Crippen LogP contribution in [0.1, 0.15) is 18.1 Å². The molecule has 0 saturated carbocycles. The molecule has 1 heterocycles. The average molecular weight is 427 g/mol. The van der Waals surface area contributed by atoms with Crippen LogP contribution in [0.2, 0.25) is 0 Å². The second-order valence-electron chi connectivity index (χ2n) is 6.57. The molecule has 2 N–H and O–H groups in total. The second-order valence-corrected chi connectivity index (χ2v) is 7.87. The van der Waals surface area contributed by atoms with Gasteiger partial charge < -0.3 is 10.1 Å². The van der Waals surface area contributed by atoms with E-state index in [0.29, 0.717) is 22.3 Å². The molecule has 30 heavy (non-hydrogen) atoms. The Balaban J connectivity index is 1.65. The first-order valence-corrected chi connectivity index (χ1v) is 10.0. The van der Waals surface area contributed by atoms with Crippen LogP contribution >= 0.6 is 11.8 Å². The molecule has 0 unspecified atom stereocenters. The lowest BCUT2D eigenvalue weighted by Gasteiger charge is -2.13. The molecule has 1 atom stereocenters. The third-order valence-corrected chi connectivity index (χ3v) is 5.31. The Labute approximate surface area is 178 Å². The summed E-state index contributed by atoms with van der Waals surface area (Å²) in [5, 5.41) is 16.5. The Morgan fingerprint density at radius 1 is 1.17 bits per heavy atom. The van der Waals surface area contributed by atoms with E-state index in [9.17, 15) is 9.59 Å². The zero-order valence-electron chi connectivity index (χ0n) is 17.0. The smallest absolute Gasteiger partial charge is 0.325 e. The fourth-order valence-corrected chi connectivity index (χ4v) is 3.54. The van der Waals surface area contributed by atoms with Gasteiger partial charge >= 0.3 is 6.03 Å². The number of anilines is 1. The van der Waals surface area contributed by atoms with Crippen molar-refractivity contribution in [2.45, 2.75) is 31.2 Å². The van der Waals surface area contributed by atoms with Gasteiger partial charge in [-0.3, -0.25) is 10.1 Å². The highest BCUT2D eigenvalue weighted by Crippen LogP contribution is 2.27. The Kier molecular flexibility index (Phi) is 6.68. The van der Waals surface area contributed by atoms with Crippen LogP contribution in [0.5, 0.6) is 5.75 Å². The summed E-state index contributed by atoms with van der Waals surface area (Å²) in [7, 11) is 1.56. The van der Waals surface area contributed by atoms with Crippen LogP contribution in [0.25, 0.3) is 5.69 Å². The van der Waals surface area contributed by atoms with Gasteiger partial charge in [-0.1, -0.05) is 41.6 Å². The molecule has 10 heteroatoms. The summed E-state index contributed by atoms with van der Waals surface area (Å²) >= 11 is 1.13. The van der Waals surface area contributed by atoms with Crippen molar-refractivity contribution < 1.29 is 14.3 Å². The summed E-state index contributed by atoms with van der Waals surface area (Å²) in [5.41, 5.74) is 3.29. The highest BCUT2D eigenvalue weighted by Gasteiger charge is 2.22. The zero-order chi connectivity index (χ0) is 21.7. The Morgan fingerprint density at radius 3 is 2.67 bits per heavy atom. The van der Waals surface area contributed by atoms with Crippen molar-refractivity contribution in [1.29, 1.82) is 0 Å². The number of ether oxygens (including phenoxy) is 1. The van der Waals surface area contributed by atoms with Crippen LogP contribution in [-0.2, 0) is 4.79 Å². The number of imide groups is 1. The number of nitrogens with one attached hydrogen (secondary N) is 2. The van der Waals surface area contributed by atoms with E-state index in [4.69, 9.17) is 4.74 Å². The van der Waals surface area contributed by atoms with E-state index >= 15 is 0 Å². The molecule has 0 radical (unpaired) electrons. The molecule has 1 aromatic heterocycles. The minimum absolute atomic E-state index is 0.400. The summed E-state index contributed by atoms with van der Waals surface area (Å²) in [5.74, 6) is 0.133. The van der Waals surface area contributed by atoms with Crippen LogP contribution < -0.4 is 15.4 Å². The standard InChI is InChI=1S/C20H22N6O3S/c1-12-9-10-15(13(2)11-12)21-19(28)22-18(27)14(3)30-20-23-24-25-26(20)16-7-5-6-8-17(16)29-4/h5-11,14H,1-4H3,(H2,21,22,27,28)/t14-/m0/s1. The van der Waals surface area contributed by atoms with E-state index in [2.05, 4.69) is 26.2 Å². The SMILES string of the molecule is COc1ccccc1-n1nnnc1S[C@@H](C)C(=O)NC(=O)Nc1ccc(C)cc1C. The highest BCUT2D eigenvalue weighted by molar-refractivity contribution is 8.00. The van der Waals surface area contributed by atoms with Gasteiger partial charge in [0, 0.05) is 5.69 Å². The number of rotatable bonds is 6. The van der Waals surface area contributed by atoms with Crippen molar-refractivity contribution in [2.75, 3.05) is 12.4 Å². The fourth-order valence-electron chi connectivity index (χ4n) is 2.74. The third-order valence-electron chi connectivity index (χ3n) is 4.27. The molecule has 3 rings (SSSR count). The first-order chi connectivity index (χ1) is 14.4. The number of para-hydroxylation sites is 2. The number of carbonyl (C=O) groups is 2. The summed E-state index contributed by atoms with van der Waals surface area (Å²) in [4.78, 5) is 24.7. The molecule has 0 fully saturated rings. The molecular weight excluding hydrogens is 404 g/mol. The molecule has 9 nitrogen and oxygen atoms in total. The maximum atomic E-state index is 12.5. The number of methoxy groups -OCH3 is 1. The summed E-state index contributed by atoms with van der Waals surface area (Å²) in [6.45, 7) is 5.53. The van der Waals surface area contributed by atoms with Crippen molar-refractivity contribution in [2.24, 2.45) is 0 Å². The number of hydrogen-bond acceptors (Lipinski definition) is 7. The maximum Gasteiger partial charge on any atom is 0.325 e. The van der Waals surface area contributed by atoms with Crippen molar-refractivity contribution in [3.05, 3.63) is 53.6 Å². The molecule has 0 spiro atoms. The molecule has 0 aliphatic heterocycles. The van der Waals surface area contributed by atoms with Gasteiger partial charge in [0.2, 0.25) is 11.1 Å². The Bertz CT molecular complexity index is 1070. The molecule has 0 bridgehead atoms. The Morgan fingerprint density at radius 2 is 1.93 bits per heavy atom. The lowest BCUT2D eigenvalue weighted by molar-refractivity contribution is -0.119. The first kappa shape index (κ1) is 21.3.